The van der Waals surface area contributed by atoms with Crippen molar-refractivity contribution in [1.29, 1.82) is 5.26 Å². The van der Waals surface area contributed by atoms with E-state index in [1.54, 1.807) is 12.1 Å². The van der Waals surface area contributed by atoms with Crippen LogP contribution < -0.4 is 9.62 Å². The Morgan fingerprint density at radius 2 is 1.78 bits per heavy atom. The maximum Gasteiger partial charge on any atom is 0.255 e. The molecule has 0 saturated heterocycles. The summed E-state index contributed by atoms with van der Waals surface area (Å²) in [5.74, 6) is -0.573. The van der Waals surface area contributed by atoms with Gasteiger partial charge in [0.25, 0.3) is 5.91 Å². The fourth-order valence-electron chi connectivity index (χ4n) is 4.11. The topological polar surface area (TPSA) is 103 Å². The van der Waals surface area contributed by atoms with E-state index in [1.807, 2.05) is 36.4 Å². The molecule has 1 amide bonds. The molecule has 0 saturated carbocycles. The van der Waals surface area contributed by atoms with Crippen molar-refractivity contribution >= 4 is 32.6 Å². The van der Waals surface area contributed by atoms with Gasteiger partial charge in [-0.2, -0.15) is 5.26 Å². The zero-order valence-electron chi connectivity index (χ0n) is 19.8. The van der Waals surface area contributed by atoms with Crippen LogP contribution in [0.15, 0.2) is 71.1 Å². The monoisotopic (exact) mass is 505 g/mol. The van der Waals surface area contributed by atoms with Gasteiger partial charge in [0, 0.05) is 42.6 Å². The first-order chi connectivity index (χ1) is 17.2. The number of anilines is 1. The Morgan fingerprint density at radius 3 is 2.39 bits per heavy atom. The molecule has 4 rings (SSSR count). The first-order valence-corrected chi connectivity index (χ1v) is 13.1. The summed E-state index contributed by atoms with van der Waals surface area (Å²) in [5, 5.41) is 12.1. The van der Waals surface area contributed by atoms with Gasteiger partial charge < -0.3 is 9.73 Å². The summed E-state index contributed by atoms with van der Waals surface area (Å²) in [7, 11) is -2.21. The Hall–Kier alpha value is -4.16. The van der Waals surface area contributed by atoms with E-state index in [9.17, 15) is 17.6 Å². The molecular formula is C27H24FN3O4S. The van der Waals surface area contributed by atoms with Gasteiger partial charge in [-0.3, -0.25) is 9.10 Å². The minimum atomic E-state index is -3.72. The van der Waals surface area contributed by atoms with Crippen molar-refractivity contribution in [2.75, 3.05) is 24.2 Å². The van der Waals surface area contributed by atoms with E-state index in [0.717, 1.165) is 11.8 Å². The molecule has 0 atom stereocenters. The number of carbonyl (C=O) groups excluding carboxylic acids is 1. The van der Waals surface area contributed by atoms with Gasteiger partial charge in [-0.15, -0.1) is 0 Å². The van der Waals surface area contributed by atoms with Crippen molar-refractivity contribution < 1.29 is 22.0 Å². The molecule has 36 heavy (non-hydrogen) atoms. The van der Waals surface area contributed by atoms with Crippen molar-refractivity contribution in [3.05, 3.63) is 78.1 Å². The standard InChI is InChI=1S/C27H24FN3O4S/c1-30-27(32)25-22-16-21(18-8-4-3-5-9-18)23(31(36(2,33)34)15-7-6-14-29)17-24(22)35-26(25)19-10-12-20(28)13-11-19/h3-5,8-13,16-17H,6-7,15H2,1-2H3,(H,30,32). The number of benzene rings is 3. The average Bonchev–Trinajstić information content (AvgIpc) is 3.24. The van der Waals surface area contributed by atoms with Crippen molar-refractivity contribution in [2.24, 2.45) is 0 Å². The highest BCUT2D eigenvalue weighted by molar-refractivity contribution is 7.92. The van der Waals surface area contributed by atoms with E-state index in [0.29, 0.717) is 34.2 Å². The van der Waals surface area contributed by atoms with Crippen molar-refractivity contribution in [3.8, 4) is 28.5 Å². The van der Waals surface area contributed by atoms with Crippen molar-refractivity contribution in [3.63, 3.8) is 0 Å². The van der Waals surface area contributed by atoms with Crippen LogP contribution in [0.25, 0.3) is 33.4 Å². The Balaban J connectivity index is 2.04. The molecule has 1 heterocycles. The Kier molecular flexibility index (Phi) is 7.08. The normalized spacial score (nSPS) is 11.3. The highest BCUT2D eigenvalue weighted by Gasteiger charge is 2.27. The van der Waals surface area contributed by atoms with Crippen LogP contribution in [-0.4, -0.2) is 34.2 Å². The van der Waals surface area contributed by atoms with Gasteiger partial charge in [-0.1, -0.05) is 30.3 Å². The Labute approximate surface area is 208 Å². The van der Waals surface area contributed by atoms with E-state index >= 15 is 0 Å². The van der Waals surface area contributed by atoms with Crippen LogP contribution in [0.5, 0.6) is 0 Å². The number of amides is 1. The number of sulfonamides is 1. The molecule has 1 N–H and O–H groups in total. The lowest BCUT2D eigenvalue weighted by Gasteiger charge is -2.25. The van der Waals surface area contributed by atoms with Crippen LogP contribution in [-0.2, 0) is 10.0 Å². The molecular weight excluding hydrogens is 481 g/mol. The molecule has 3 aromatic carbocycles. The zero-order valence-corrected chi connectivity index (χ0v) is 20.6. The molecule has 7 nitrogen and oxygen atoms in total. The average molecular weight is 506 g/mol. The largest absolute Gasteiger partial charge is 0.455 e. The molecule has 0 aliphatic heterocycles. The molecule has 184 valence electrons. The quantitative estimate of drug-likeness (QED) is 0.326. The molecule has 4 aromatic rings. The van der Waals surface area contributed by atoms with Crippen LogP contribution >= 0.6 is 0 Å². The third-order valence-electron chi connectivity index (χ3n) is 5.77. The van der Waals surface area contributed by atoms with Crippen LogP contribution in [0.4, 0.5) is 10.1 Å². The zero-order chi connectivity index (χ0) is 25.9. The van der Waals surface area contributed by atoms with E-state index in [2.05, 4.69) is 5.32 Å². The number of furan rings is 1. The van der Waals surface area contributed by atoms with Gasteiger partial charge in [0.05, 0.1) is 23.6 Å². The maximum atomic E-state index is 13.6. The van der Waals surface area contributed by atoms with Crippen LogP contribution in [0.3, 0.4) is 0 Å². The fraction of sp³-hybridized carbons (Fsp3) is 0.185. The number of hydrogen-bond acceptors (Lipinski definition) is 5. The van der Waals surface area contributed by atoms with Crippen LogP contribution in [0.1, 0.15) is 23.2 Å². The SMILES string of the molecule is CNC(=O)c1c(-c2ccc(F)cc2)oc2cc(N(CCCC#N)S(C)(=O)=O)c(-c3ccccc3)cc12. The first kappa shape index (κ1) is 24.9. The minimum absolute atomic E-state index is 0.103. The van der Waals surface area contributed by atoms with Crippen LogP contribution in [0, 0.1) is 17.1 Å². The number of nitrogens with one attached hydrogen (secondary N) is 1. The molecule has 0 aliphatic rings. The second-order valence-corrected chi connectivity index (χ2v) is 10.1. The number of unbranched alkanes of at least 4 members (excludes halogenated alkanes) is 1. The number of carbonyl (C=O) groups is 1. The Morgan fingerprint density at radius 1 is 1.08 bits per heavy atom. The highest BCUT2D eigenvalue weighted by atomic mass is 32.2. The lowest BCUT2D eigenvalue weighted by Crippen LogP contribution is -2.31. The van der Waals surface area contributed by atoms with Gasteiger partial charge >= 0.3 is 0 Å². The number of hydrogen-bond donors (Lipinski definition) is 1. The molecule has 0 spiro atoms. The smallest absolute Gasteiger partial charge is 0.255 e. The summed E-state index contributed by atoms with van der Waals surface area (Å²) in [6, 6.07) is 20.2. The molecule has 1 aromatic heterocycles. The molecule has 0 unspecified atom stereocenters. The minimum Gasteiger partial charge on any atom is -0.455 e. The molecule has 0 bridgehead atoms. The van der Waals surface area contributed by atoms with E-state index in [-0.39, 0.29) is 24.3 Å². The third kappa shape index (κ3) is 4.95. The second-order valence-electron chi connectivity index (χ2n) is 8.22. The Bertz CT molecular complexity index is 1560. The van der Waals surface area contributed by atoms with Crippen molar-refractivity contribution in [1.82, 2.24) is 5.32 Å². The number of halogens is 1. The second kappa shape index (κ2) is 10.2. The summed E-state index contributed by atoms with van der Waals surface area (Å²) < 4.78 is 46.6. The molecule has 0 fully saturated rings. The predicted octanol–water partition coefficient (Wildman–Crippen LogP) is 5.34. The van der Waals surface area contributed by atoms with Crippen LogP contribution in [0.2, 0.25) is 0 Å². The maximum absolute atomic E-state index is 13.6. The van der Waals surface area contributed by atoms with Gasteiger partial charge in [0.15, 0.2) is 0 Å². The summed E-state index contributed by atoms with van der Waals surface area (Å²) >= 11 is 0. The van der Waals surface area contributed by atoms with Gasteiger partial charge in [0.1, 0.15) is 17.2 Å². The predicted molar refractivity (Wildman–Crippen MR) is 137 cm³/mol. The number of nitriles is 1. The van der Waals surface area contributed by atoms with E-state index in [4.69, 9.17) is 9.68 Å². The van der Waals surface area contributed by atoms with Crippen molar-refractivity contribution in [2.45, 2.75) is 12.8 Å². The van der Waals surface area contributed by atoms with E-state index in [1.165, 1.54) is 35.6 Å². The summed E-state index contributed by atoms with van der Waals surface area (Å²) in [4.78, 5) is 13.0. The lowest BCUT2D eigenvalue weighted by atomic mass is 9.98. The fourth-order valence-corrected chi connectivity index (χ4v) is 5.08. The number of fused-ring (bicyclic) bond motifs is 1. The first-order valence-electron chi connectivity index (χ1n) is 11.2. The summed E-state index contributed by atoms with van der Waals surface area (Å²) in [5.41, 5.74) is 2.77. The number of rotatable bonds is 8. The van der Waals surface area contributed by atoms with E-state index < -0.39 is 21.7 Å². The van der Waals surface area contributed by atoms with Gasteiger partial charge in [-0.05, 0) is 42.3 Å². The molecule has 0 aliphatic carbocycles. The summed E-state index contributed by atoms with van der Waals surface area (Å²) in [6.45, 7) is 0.103. The summed E-state index contributed by atoms with van der Waals surface area (Å²) in [6.07, 6.45) is 1.66. The third-order valence-corrected chi connectivity index (χ3v) is 6.95. The van der Waals surface area contributed by atoms with Gasteiger partial charge in [0.2, 0.25) is 10.0 Å². The highest BCUT2D eigenvalue weighted by Crippen LogP contribution is 2.41. The molecule has 0 radical (unpaired) electrons. The lowest BCUT2D eigenvalue weighted by molar-refractivity contribution is 0.0964. The number of nitrogens with zero attached hydrogens (tertiary/aromatic N) is 2. The van der Waals surface area contributed by atoms with Gasteiger partial charge in [-0.25, -0.2) is 12.8 Å². The molecule has 9 heteroatoms.